The molecule has 7 heteroatoms. The topological polar surface area (TPSA) is 71.1 Å². The summed E-state index contributed by atoms with van der Waals surface area (Å²) in [5.41, 5.74) is 0.824. The van der Waals surface area contributed by atoms with E-state index in [9.17, 15) is 9.18 Å². The summed E-state index contributed by atoms with van der Waals surface area (Å²) in [5.74, 6) is 0.222. The zero-order chi connectivity index (χ0) is 15.5. The minimum atomic E-state index is -0.331. The predicted octanol–water partition coefficient (Wildman–Crippen LogP) is 1.19. The van der Waals surface area contributed by atoms with Crippen LogP contribution in [0, 0.1) is 12.7 Å². The van der Waals surface area contributed by atoms with Gasteiger partial charge in [0.15, 0.2) is 0 Å². The molecule has 1 N–H and O–H groups in total. The number of H-pyrrole nitrogens is 1. The maximum Gasteiger partial charge on any atom is 0.251 e. The van der Waals surface area contributed by atoms with E-state index in [1.54, 1.807) is 19.2 Å². The summed E-state index contributed by atoms with van der Waals surface area (Å²) in [6.07, 6.45) is 1.57. The first kappa shape index (κ1) is 14.8. The minimum Gasteiger partial charge on any atom is -0.378 e. The van der Waals surface area contributed by atoms with Crippen LogP contribution in [0.5, 0.6) is 0 Å². The third-order valence-corrected chi connectivity index (χ3v) is 3.65. The van der Waals surface area contributed by atoms with Crippen LogP contribution in [0.4, 0.5) is 4.39 Å². The number of hydrogen-bond donors (Lipinski definition) is 1. The molecule has 116 valence electrons. The highest BCUT2D eigenvalue weighted by atomic mass is 19.1. The van der Waals surface area contributed by atoms with E-state index in [2.05, 4.69) is 15.0 Å². The Bertz CT molecular complexity index is 719. The number of hydrogen-bond acceptors (Lipinski definition) is 5. The molecule has 3 heterocycles. The summed E-state index contributed by atoms with van der Waals surface area (Å²) < 4.78 is 19.3. The normalized spacial score (nSPS) is 19.3. The molecule has 0 aromatic carbocycles. The van der Waals surface area contributed by atoms with E-state index in [4.69, 9.17) is 4.74 Å². The number of pyridine rings is 1. The fourth-order valence-corrected chi connectivity index (χ4v) is 2.60. The number of nitrogens with one attached hydrogen (secondary N) is 1. The van der Waals surface area contributed by atoms with Crippen LogP contribution in [0.3, 0.4) is 0 Å². The summed E-state index contributed by atoms with van der Waals surface area (Å²) in [6.45, 7) is 3.71. The van der Waals surface area contributed by atoms with Gasteiger partial charge in [-0.25, -0.2) is 9.37 Å². The third-order valence-electron chi connectivity index (χ3n) is 3.65. The Kier molecular flexibility index (Phi) is 4.26. The molecule has 0 bridgehead atoms. The number of rotatable bonds is 3. The van der Waals surface area contributed by atoms with Crippen molar-refractivity contribution in [1.82, 2.24) is 19.9 Å². The highest BCUT2D eigenvalue weighted by Crippen LogP contribution is 2.24. The van der Waals surface area contributed by atoms with Crippen LogP contribution in [-0.4, -0.2) is 39.6 Å². The summed E-state index contributed by atoms with van der Waals surface area (Å²) in [6, 6.07) is 4.25. The SMILES string of the molecule is Cc1nc([C@@H]2COCCN2Cc2ncccc2F)cc(=O)[nH]1. The molecular formula is C15H17FN4O2. The van der Waals surface area contributed by atoms with Crippen molar-refractivity contribution in [2.75, 3.05) is 19.8 Å². The van der Waals surface area contributed by atoms with Gasteiger partial charge in [-0.3, -0.25) is 14.7 Å². The Balaban J connectivity index is 1.88. The van der Waals surface area contributed by atoms with E-state index in [-0.39, 0.29) is 17.4 Å². The van der Waals surface area contributed by atoms with Gasteiger partial charge in [-0.1, -0.05) is 0 Å². The monoisotopic (exact) mass is 304 g/mol. The average molecular weight is 304 g/mol. The van der Waals surface area contributed by atoms with E-state index in [0.29, 0.717) is 43.5 Å². The van der Waals surface area contributed by atoms with E-state index in [1.165, 1.54) is 12.1 Å². The maximum absolute atomic E-state index is 13.8. The molecule has 1 aliphatic rings. The summed E-state index contributed by atoms with van der Waals surface area (Å²) in [4.78, 5) is 24.8. The molecule has 22 heavy (non-hydrogen) atoms. The molecule has 0 aliphatic carbocycles. The molecule has 0 radical (unpaired) electrons. The molecule has 1 saturated heterocycles. The molecule has 2 aromatic rings. The van der Waals surface area contributed by atoms with Gasteiger partial charge in [-0.15, -0.1) is 0 Å². The van der Waals surface area contributed by atoms with Crippen molar-refractivity contribution in [3.63, 3.8) is 0 Å². The van der Waals surface area contributed by atoms with Crippen LogP contribution in [-0.2, 0) is 11.3 Å². The number of nitrogens with zero attached hydrogens (tertiary/aromatic N) is 3. The summed E-state index contributed by atoms with van der Waals surface area (Å²) in [7, 11) is 0. The Morgan fingerprint density at radius 2 is 2.41 bits per heavy atom. The molecule has 0 amide bonds. The lowest BCUT2D eigenvalue weighted by molar-refractivity contribution is -0.0154. The number of aryl methyl sites for hydroxylation is 1. The first-order chi connectivity index (χ1) is 10.6. The van der Waals surface area contributed by atoms with Crippen LogP contribution in [0.15, 0.2) is 29.2 Å². The maximum atomic E-state index is 13.8. The molecule has 3 rings (SSSR count). The van der Waals surface area contributed by atoms with Crippen molar-refractivity contribution in [2.24, 2.45) is 0 Å². The van der Waals surface area contributed by atoms with Crippen LogP contribution in [0.25, 0.3) is 0 Å². The molecule has 1 atom stereocenters. The number of morpholine rings is 1. The number of aromatic nitrogens is 3. The number of halogens is 1. The standard InChI is InChI=1S/C15H17FN4O2/c1-10-18-12(7-15(21)19-10)14-9-22-6-5-20(14)8-13-11(16)3-2-4-17-13/h2-4,7,14H,5-6,8-9H2,1H3,(H,18,19,21)/t14-/m0/s1. The van der Waals surface area contributed by atoms with Crippen LogP contribution in [0.1, 0.15) is 23.3 Å². The molecule has 6 nitrogen and oxygen atoms in total. The third kappa shape index (κ3) is 3.20. The number of aromatic amines is 1. The van der Waals surface area contributed by atoms with E-state index in [1.807, 2.05) is 4.90 Å². The van der Waals surface area contributed by atoms with Crippen molar-refractivity contribution >= 4 is 0 Å². The van der Waals surface area contributed by atoms with Gasteiger partial charge in [-0.05, 0) is 19.1 Å². The Morgan fingerprint density at radius 1 is 1.55 bits per heavy atom. The van der Waals surface area contributed by atoms with Gasteiger partial charge < -0.3 is 9.72 Å². The lowest BCUT2D eigenvalue weighted by atomic mass is 10.1. The molecule has 0 unspecified atom stereocenters. The Morgan fingerprint density at radius 3 is 3.18 bits per heavy atom. The van der Waals surface area contributed by atoms with Crippen LogP contribution < -0.4 is 5.56 Å². The second-order valence-electron chi connectivity index (χ2n) is 5.25. The highest BCUT2D eigenvalue weighted by molar-refractivity contribution is 5.12. The van der Waals surface area contributed by atoms with Gasteiger partial charge in [0, 0.05) is 25.4 Å². The Hall–Kier alpha value is -2.12. The van der Waals surface area contributed by atoms with E-state index >= 15 is 0 Å². The zero-order valence-electron chi connectivity index (χ0n) is 12.3. The van der Waals surface area contributed by atoms with Gasteiger partial charge in [0.25, 0.3) is 5.56 Å². The second kappa shape index (κ2) is 6.33. The average Bonchev–Trinajstić information content (AvgIpc) is 2.49. The van der Waals surface area contributed by atoms with Crippen LogP contribution in [0.2, 0.25) is 0 Å². The zero-order valence-corrected chi connectivity index (χ0v) is 12.3. The van der Waals surface area contributed by atoms with Crippen LogP contribution >= 0.6 is 0 Å². The smallest absolute Gasteiger partial charge is 0.251 e. The summed E-state index contributed by atoms with van der Waals surface area (Å²) in [5, 5.41) is 0. The molecular weight excluding hydrogens is 287 g/mol. The van der Waals surface area contributed by atoms with E-state index in [0.717, 1.165) is 0 Å². The van der Waals surface area contributed by atoms with Gasteiger partial charge in [0.2, 0.25) is 0 Å². The van der Waals surface area contributed by atoms with Crippen molar-refractivity contribution in [3.8, 4) is 0 Å². The van der Waals surface area contributed by atoms with Crippen molar-refractivity contribution in [3.05, 3.63) is 57.8 Å². The summed E-state index contributed by atoms with van der Waals surface area (Å²) >= 11 is 0. The lowest BCUT2D eigenvalue weighted by Crippen LogP contribution is -2.40. The second-order valence-corrected chi connectivity index (χ2v) is 5.25. The fourth-order valence-electron chi connectivity index (χ4n) is 2.60. The van der Waals surface area contributed by atoms with Crippen molar-refractivity contribution in [1.29, 1.82) is 0 Å². The van der Waals surface area contributed by atoms with Gasteiger partial charge in [-0.2, -0.15) is 0 Å². The van der Waals surface area contributed by atoms with Gasteiger partial charge in [0.05, 0.1) is 30.6 Å². The molecule has 2 aromatic heterocycles. The quantitative estimate of drug-likeness (QED) is 0.922. The first-order valence-electron chi connectivity index (χ1n) is 7.12. The molecule has 0 saturated carbocycles. The minimum absolute atomic E-state index is 0.184. The molecule has 1 fully saturated rings. The first-order valence-corrected chi connectivity index (χ1v) is 7.12. The van der Waals surface area contributed by atoms with Gasteiger partial charge >= 0.3 is 0 Å². The van der Waals surface area contributed by atoms with Crippen molar-refractivity contribution < 1.29 is 9.13 Å². The molecule has 1 aliphatic heterocycles. The van der Waals surface area contributed by atoms with Crippen molar-refractivity contribution in [2.45, 2.75) is 19.5 Å². The largest absolute Gasteiger partial charge is 0.378 e. The fraction of sp³-hybridized carbons (Fsp3) is 0.400. The van der Waals surface area contributed by atoms with Gasteiger partial charge in [0.1, 0.15) is 11.6 Å². The lowest BCUT2D eigenvalue weighted by Gasteiger charge is -2.34. The number of ether oxygens (including phenoxy) is 1. The highest BCUT2D eigenvalue weighted by Gasteiger charge is 2.27. The Labute approximate surface area is 127 Å². The molecule has 0 spiro atoms. The van der Waals surface area contributed by atoms with E-state index < -0.39 is 0 Å². The predicted molar refractivity (Wildman–Crippen MR) is 77.8 cm³/mol.